The fraction of sp³-hybridized carbons (Fsp3) is 0.900. The van der Waals surface area contributed by atoms with E-state index >= 15 is 0 Å². The molecule has 1 rings (SSSR count). The van der Waals surface area contributed by atoms with Gasteiger partial charge in [-0.2, -0.15) is 0 Å². The molecule has 0 aliphatic carbocycles. The van der Waals surface area contributed by atoms with Gasteiger partial charge < -0.3 is 25.8 Å². The number of ether oxygens (including phenoxy) is 1. The number of rotatable bonds is 6. The molecular formula is C10H20N2O5. The maximum atomic E-state index is 10.7. The van der Waals surface area contributed by atoms with Crippen molar-refractivity contribution >= 4 is 5.91 Å². The number of hydrogen-bond acceptors (Lipinski definition) is 6. The molecule has 100 valence electrons. The summed E-state index contributed by atoms with van der Waals surface area (Å²) in [7, 11) is 0. The Hall–Kier alpha value is -0.730. The quantitative estimate of drug-likeness (QED) is 0.417. The van der Waals surface area contributed by atoms with Gasteiger partial charge in [-0.15, -0.1) is 0 Å². The lowest BCUT2D eigenvalue weighted by molar-refractivity contribution is -0.121. The molecule has 17 heavy (non-hydrogen) atoms. The Morgan fingerprint density at radius 3 is 2.47 bits per heavy atom. The monoisotopic (exact) mass is 248 g/mol. The van der Waals surface area contributed by atoms with Crippen LogP contribution in [0, 0.1) is 0 Å². The lowest BCUT2D eigenvalue weighted by Crippen LogP contribution is -2.45. The molecule has 0 aromatic rings. The van der Waals surface area contributed by atoms with Gasteiger partial charge in [0.1, 0.15) is 24.5 Å². The van der Waals surface area contributed by atoms with Crippen molar-refractivity contribution < 1.29 is 24.9 Å². The molecule has 1 unspecified atom stereocenters. The van der Waals surface area contributed by atoms with E-state index in [4.69, 9.17) is 15.6 Å². The standard InChI is InChI=1S/C10H20N2O5/c1-2-12(4-3-7(11)14)10-9(16)8(15)6(5-13)17-10/h6,8-10,13,15-16H,2-5H2,1H3,(H2,11,14)/t6-,8-,9-,10?/m1/s1. The summed E-state index contributed by atoms with van der Waals surface area (Å²) < 4.78 is 5.34. The average Bonchev–Trinajstić information content (AvgIpc) is 2.57. The van der Waals surface area contributed by atoms with E-state index in [-0.39, 0.29) is 13.0 Å². The fourth-order valence-corrected chi connectivity index (χ4v) is 1.90. The second-order valence-corrected chi connectivity index (χ2v) is 4.07. The summed E-state index contributed by atoms with van der Waals surface area (Å²) in [6.07, 6.45) is -3.57. The lowest BCUT2D eigenvalue weighted by atomic mass is 10.1. The normalized spacial score (nSPS) is 33.2. The molecule has 0 radical (unpaired) electrons. The van der Waals surface area contributed by atoms with E-state index in [0.717, 1.165) is 0 Å². The Balaban J connectivity index is 2.60. The smallest absolute Gasteiger partial charge is 0.218 e. The number of nitrogens with two attached hydrogens (primary N) is 1. The molecule has 0 aromatic heterocycles. The molecule has 1 fully saturated rings. The van der Waals surface area contributed by atoms with Gasteiger partial charge in [0, 0.05) is 13.0 Å². The minimum absolute atomic E-state index is 0.153. The van der Waals surface area contributed by atoms with Crippen LogP contribution in [-0.2, 0) is 9.53 Å². The van der Waals surface area contributed by atoms with Crippen LogP contribution in [0.5, 0.6) is 0 Å². The van der Waals surface area contributed by atoms with Crippen LogP contribution >= 0.6 is 0 Å². The molecular weight excluding hydrogens is 228 g/mol. The summed E-state index contributed by atoms with van der Waals surface area (Å²) in [6.45, 7) is 2.37. The second-order valence-electron chi connectivity index (χ2n) is 4.07. The molecule has 7 nitrogen and oxygen atoms in total. The molecule has 1 amide bonds. The van der Waals surface area contributed by atoms with Crippen molar-refractivity contribution in [3.63, 3.8) is 0 Å². The first-order valence-electron chi connectivity index (χ1n) is 5.66. The first-order chi connectivity index (χ1) is 8.01. The van der Waals surface area contributed by atoms with Crippen molar-refractivity contribution in [2.45, 2.75) is 37.9 Å². The van der Waals surface area contributed by atoms with Gasteiger partial charge >= 0.3 is 0 Å². The summed E-state index contributed by atoms with van der Waals surface area (Å²) >= 11 is 0. The highest BCUT2D eigenvalue weighted by Crippen LogP contribution is 2.23. The fourth-order valence-electron chi connectivity index (χ4n) is 1.90. The summed E-state index contributed by atoms with van der Waals surface area (Å²) in [5.74, 6) is -0.435. The van der Waals surface area contributed by atoms with Gasteiger partial charge in [0.2, 0.25) is 5.91 Å². The first kappa shape index (κ1) is 14.3. The van der Waals surface area contributed by atoms with Crippen LogP contribution in [0.2, 0.25) is 0 Å². The van der Waals surface area contributed by atoms with Gasteiger partial charge in [0.15, 0.2) is 0 Å². The molecule has 0 spiro atoms. The molecule has 1 saturated heterocycles. The molecule has 4 atom stereocenters. The molecule has 7 heteroatoms. The average molecular weight is 248 g/mol. The summed E-state index contributed by atoms with van der Waals surface area (Å²) in [5.41, 5.74) is 5.05. The number of carbonyl (C=O) groups excluding carboxylic acids is 1. The minimum atomic E-state index is -1.12. The molecule has 1 aliphatic heterocycles. The molecule has 0 bridgehead atoms. The largest absolute Gasteiger partial charge is 0.394 e. The van der Waals surface area contributed by atoms with Crippen LogP contribution in [0.1, 0.15) is 13.3 Å². The van der Waals surface area contributed by atoms with Crippen LogP contribution in [0.4, 0.5) is 0 Å². The molecule has 5 N–H and O–H groups in total. The summed E-state index contributed by atoms with van der Waals surface area (Å²) in [6, 6.07) is 0. The Kier molecular flexibility index (Phi) is 5.29. The van der Waals surface area contributed by atoms with Crippen LogP contribution in [0.15, 0.2) is 0 Å². The molecule has 0 aromatic carbocycles. The van der Waals surface area contributed by atoms with Gasteiger partial charge in [-0.3, -0.25) is 9.69 Å². The topological polar surface area (TPSA) is 116 Å². The zero-order valence-corrected chi connectivity index (χ0v) is 9.82. The molecule has 1 heterocycles. The van der Waals surface area contributed by atoms with Gasteiger partial charge in [0.25, 0.3) is 0 Å². The van der Waals surface area contributed by atoms with Gasteiger partial charge in [-0.1, -0.05) is 6.92 Å². The molecule has 1 aliphatic rings. The zero-order chi connectivity index (χ0) is 13.0. The van der Waals surface area contributed by atoms with Crippen LogP contribution in [0.3, 0.4) is 0 Å². The lowest BCUT2D eigenvalue weighted by Gasteiger charge is -2.28. The van der Waals surface area contributed by atoms with E-state index in [1.165, 1.54) is 0 Å². The van der Waals surface area contributed by atoms with Crippen molar-refractivity contribution in [3.8, 4) is 0 Å². The van der Waals surface area contributed by atoms with Gasteiger partial charge in [0.05, 0.1) is 6.61 Å². The van der Waals surface area contributed by atoms with Gasteiger partial charge in [-0.05, 0) is 6.54 Å². The Bertz CT molecular complexity index is 263. The number of hydrogen-bond donors (Lipinski definition) is 4. The Morgan fingerprint density at radius 2 is 2.06 bits per heavy atom. The van der Waals surface area contributed by atoms with Crippen LogP contribution < -0.4 is 5.73 Å². The third-order valence-corrected chi connectivity index (χ3v) is 2.93. The third-order valence-electron chi connectivity index (χ3n) is 2.93. The zero-order valence-electron chi connectivity index (χ0n) is 9.82. The number of primary amides is 1. The van der Waals surface area contributed by atoms with Gasteiger partial charge in [-0.25, -0.2) is 0 Å². The number of amides is 1. The number of aliphatic hydroxyl groups excluding tert-OH is 3. The SMILES string of the molecule is CCN(CCC(N)=O)C1O[C@H](CO)[C@@H](O)[C@H]1O. The van der Waals surface area contributed by atoms with Crippen LogP contribution in [-0.4, -0.2) is 70.4 Å². The highest BCUT2D eigenvalue weighted by molar-refractivity contribution is 5.73. The summed E-state index contributed by atoms with van der Waals surface area (Å²) in [5, 5.41) is 28.3. The third kappa shape index (κ3) is 3.36. The number of aliphatic hydroxyl groups is 3. The minimum Gasteiger partial charge on any atom is -0.394 e. The number of carbonyl (C=O) groups is 1. The first-order valence-corrected chi connectivity index (χ1v) is 5.66. The maximum Gasteiger partial charge on any atom is 0.218 e. The van der Waals surface area contributed by atoms with Crippen molar-refractivity contribution in [1.82, 2.24) is 4.90 Å². The highest BCUT2D eigenvalue weighted by Gasteiger charge is 2.44. The van der Waals surface area contributed by atoms with E-state index in [9.17, 15) is 15.0 Å². The van der Waals surface area contributed by atoms with E-state index in [2.05, 4.69) is 0 Å². The second kappa shape index (κ2) is 6.27. The van der Waals surface area contributed by atoms with E-state index in [0.29, 0.717) is 13.1 Å². The number of nitrogens with zero attached hydrogens (tertiary/aromatic N) is 1. The van der Waals surface area contributed by atoms with E-state index in [1.54, 1.807) is 4.90 Å². The van der Waals surface area contributed by atoms with Crippen molar-refractivity contribution in [3.05, 3.63) is 0 Å². The van der Waals surface area contributed by atoms with Crippen molar-refractivity contribution in [2.75, 3.05) is 19.7 Å². The predicted octanol–water partition coefficient (Wildman–Crippen LogP) is -2.38. The van der Waals surface area contributed by atoms with Crippen molar-refractivity contribution in [1.29, 1.82) is 0 Å². The Labute approximate surface area is 99.8 Å². The molecule has 0 saturated carbocycles. The maximum absolute atomic E-state index is 10.7. The summed E-state index contributed by atoms with van der Waals surface area (Å²) in [4.78, 5) is 12.4. The van der Waals surface area contributed by atoms with Crippen LogP contribution in [0.25, 0.3) is 0 Å². The predicted molar refractivity (Wildman–Crippen MR) is 58.8 cm³/mol. The Morgan fingerprint density at radius 1 is 1.41 bits per heavy atom. The number of likely N-dealkylation sites (N-methyl/N-ethyl adjacent to an activating group) is 1. The van der Waals surface area contributed by atoms with E-state index < -0.39 is 30.4 Å². The van der Waals surface area contributed by atoms with Crippen molar-refractivity contribution in [2.24, 2.45) is 5.73 Å². The van der Waals surface area contributed by atoms with E-state index in [1.807, 2.05) is 6.92 Å². The highest BCUT2D eigenvalue weighted by atomic mass is 16.6.